The van der Waals surface area contributed by atoms with Gasteiger partial charge in [0.05, 0.1) is 12.2 Å². The fourth-order valence-electron chi connectivity index (χ4n) is 2.42. The largest absolute Gasteiger partial charge is 0.494 e. The van der Waals surface area contributed by atoms with Crippen LogP contribution in [0.2, 0.25) is 0 Å². The summed E-state index contributed by atoms with van der Waals surface area (Å²) in [6.45, 7) is 2.68. The second kappa shape index (κ2) is 7.00. The maximum absolute atomic E-state index is 12.4. The third-order valence-corrected chi connectivity index (χ3v) is 3.63. The number of aromatic amines is 1. The van der Waals surface area contributed by atoms with Gasteiger partial charge in [0.15, 0.2) is 0 Å². The van der Waals surface area contributed by atoms with Gasteiger partial charge in [0.1, 0.15) is 5.75 Å². The molecule has 1 heterocycles. The number of H-pyrrole nitrogens is 1. The Kier molecular flexibility index (Phi) is 4.61. The molecule has 0 unspecified atom stereocenters. The van der Waals surface area contributed by atoms with Crippen molar-refractivity contribution in [1.82, 2.24) is 4.98 Å². The predicted octanol–water partition coefficient (Wildman–Crippen LogP) is 3.78. The number of rotatable bonds is 6. The van der Waals surface area contributed by atoms with Crippen molar-refractivity contribution < 1.29 is 14.3 Å². The van der Waals surface area contributed by atoms with E-state index in [1.54, 1.807) is 30.5 Å². The monoisotopic (exact) mass is 322 g/mol. The third kappa shape index (κ3) is 3.30. The van der Waals surface area contributed by atoms with Crippen molar-refractivity contribution in [1.29, 1.82) is 0 Å². The van der Waals surface area contributed by atoms with E-state index in [-0.39, 0.29) is 0 Å². The number of benzene rings is 2. The molecule has 5 nitrogen and oxygen atoms in total. The molecule has 3 rings (SSSR count). The first kappa shape index (κ1) is 15.8. The van der Waals surface area contributed by atoms with Crippen molar-refractivity contribution in [3.05, 3.63) is 60.3 Å². The minimum Gasteiger partial charge on any atom is -0.494 e. The summed E-state index contributed by atoms with van der Waals surface area (Å²) in [5, 5.41) is 3.36. The number of nitrogens with one attached hydrogen (secondary N) is 2. The zero-order valence-electron chi connectivity index (χ0n) is 13.3. The number of carbonyl (C=O) groups is 2. The van der Waals surface area contributed by atoms with Crippen molar-refractivity contribution in [2.45, 2.75) is 13.3 Å². The minimum atomic E-state index is -0.665. The standard InChI is InChI=1S/C19H18N2O3/c1-2-11-24-14-9-7-13(8-10-14)21-19(23)18(22)16-12-20-17-6-4-3-5-15(16)17/h3-10,12,20H,2,11H2,1H3,(H,21,23). The van der Waals surface area contributed by atoms with Gasteiger partial charge in [-0.3, -0.25) is 9.59 Å². The van der Waals surface area contributed by atoms with Crippen LogP contribution in [-0.4, -0.2) is 23.3 Å². The van der Waals surface area contributed by atoms with Crippen molar-refractivity contribution in [3.8, 4) is 5.75 Å². The van der Waals surface area contributed by atoms with Gasteiger partial charge in [-0.05, 0) is 36.8 Å². The summed E-state index contributed by atoms with van der Waals surface area (Å²) >= 11 is 0. The Morgan fingerprint density at radius 1 is 1.08 bits per heavy atom. The quantitative estimate of drug-likeness (QED) is 0.536. The Labute approximate surface area is 139 Å². The SMILES string of the molecule is CCCOc1ccc(NC(=O)C(=O)c2c[nH]c3ccccc23)cc1. The molecule has 24 heavy (non-hydrogen) atoms. The molecule has 0 aliphatic heterocycles. The normalized spacial score (nSPS) is 10.5. The van der Waals surface area contributed by atoms with E-state index in [4.69, 9.17) is 4.74 Å². The number of Topliss-reactive ketones (excluding diaryl/α,β-unsaturated/α-hetero) is 1. The lowest BCUT2D eigenvalue weighted by Crippen LogP contribution is -2.22. The molecule has 2 N–H and O–H groups in total. The Morgan fingerprint density at radius 2 is 1.83 bits per heavy atom. The van der Waals surface area contributed by atoms with Crippen LogP contribution in [-0.2, 0) is 4.79 Å². The molecule has 5 heteroatoms. The highest BCUT2D eigenvalue weighted by molar-refractivity contribution is 6.48. The third-order valence-electron chi connectivity index (χ3n) is 3.63. The van der Waals surface area contributed by atoms with Crippen LogP contribution in [0.4, 0.5) is 5.69 Å². The van der Waals surface area contributed by atoms with Gasteiger partial charge < -0.3 is 15.0 Å². The number of hydrogen-bond acceptors (Lipinski definition) is 3. The van der Waals surface area contributed by atoms with Crippen LogP contribution >= 0.6 is 0 Å². The zero-order valence-corrected chi connectivity index (χ0v) is 13.3. The van der Waals surface area contributed by atoms with Crippen LogP contribution in [0, 0.1) is 0 Å². The van der Waals surface area contributed by atoms with Crippen molar-refractivity contribution in [3.63, 3.8) is 0 Å². The lowest BCUT2D eigenvalue weighted by Gasteiger charge is -2.07. The molecule has 0 atom stereocenters. The summed E-state index contributed by atoms with van der Waals surface area (Å²) in [6.07, 6.45) is 2.49. The van der Waals surface area contributed by atoms with Crippen LogP contribution < -0.4 is 10.1 Å². The molecule has 0 aliphatic rings. The first-order valence-electron chi connectivity index (χ1n) is 7.83. The van der Waals surface area contributed by atoms with Gasteiger partial charge >= 0.3 is 0 Å². The van der Waals surface area contributed by atoms with Gasteiger partial charge in [0.25, 0.3) is 11.7 Å². The number of ketones is 1. The number of anilines is 1. The van der Waals surface area contributed by atoms with Crippen molar-refractivity contribution >= 4 is 28.3 Å². The number of hydrogen-bond donors (Lipinski definition) is 2. The molecule has 2 aromatic carbocycles. The van der Waals surface area contributed by atoms with Gasteiger partial charge in [-0.1, -0.05) is 25.1 Å². The second-order valence-electron chi connectivity index (χ2n) is 5.40. The van der Waals surface area contributed by atoms with E-state index >= 15 is 0 Å². The first-order chi connectivity index (χ1) is 11.7. The molecule has 0 fully saturated rings. The molecule has 0 radical (unpaired) electrons. The summed E-state index contributed by atoms with van der Waals surface area (Å²) in [4.78, 5) is 27.6. The fourth-order valence-corrected chi connectivity index (χ4v) is 2.42. The van der Waals surface area contributed by atoms with Gasteiger partial charge in [-0.2, -0.15) is 0 Å². The summed E-state index contributed by atoms with van der Waals surface area (Å²) in [5.74, 6) is -0.501. The number of para-hydroxylation sites is 1. The average Bonchev–Trinajstić information content (AvgIpc) is 3.04. The number of aromatic nitrogens is 1. The van der Waals surface area contributed by atoms with Gasteiger partial charge in [0.2, 0.25) is 0 Å². The maximum atomic E-state index is 12.4. The van der Waals surface area contributed by atoms with Crippen LogP contribution in [0.3, 0.4) is 0 Å². The molecule has 0 spiro atoms. The molecule has 0 saturated heterocycles. The zero-order chi connectivity index (χ0) is 16.9. The van der Waals surface area contributed by atoms with E-state index in [0.717, 1.165) is 23.1 Å². The average molecular weight is 322 g/mol. The summed E-state index contributed by atoms with van der Waals surface area (Å²) in [7, 11) is 0. The van der Waals surface area contributed by atoms with E-state index in [9.17, 15) is 9.59 Å². The number of fused-ring (bicyclic) bond motifs is 1. The Morgan fingerprint density at radius 3 is 2.58 bits per heavy atom. The van der Waals surface area contributed by atoms with Crippen LogP contribution in [0.1, 0.15) is 23.7 Å². The summed E-state index contributed by atoms with van der Waals surface area (Å²) in [6, 6.07) is 14.3. The molecule has 0 bridgehead atoms. The highest BCUT2D eigenvalue weighted by Gasteiger charge is 2.19. The van der Waals surface area contributed by atoms with E-state index in [1.165, 1.54) is 0 Å². The highest BCUT2D eigenvalue weighted by atomic mass is 16.5. The Bertz CT molecular complexity index is 866. The Hall–Kier alpha value is -3.08. The highest BCUT2D eigenvalue weighted by Crippen LogP contribution is 2.20. The number of carbonyl (C=O) groups excluding carboxylic acids is 2. The molecule has 3 aromatic rings. The van der Waals surface area contributed by atoms with E-state index < -0.39 is 11.7 Å². The summed E-state index contributed by atoms with van der Waals surface area (Å²) in [5.41, 5.74) is 1.74. The minimum absolute atomic E-state index is 0.367. The maximum Gasteiger partial charge on any atom is 0.296 e. The molecule has 122 valence electrons. The van der Waals surface area contributed by atoms with Crippen LogP contribution in [0.25, 0.3) is 10.9 Å². The lowest BCUT2D eigenvalue weighted by atomic mass is 10.1. The van der Waals surface area contributed by atoms with E-state index in [2.05, 4.69) is 10.3 Å². The van der Waals surface area contributed by atoms with Gasteiger partial charge in [-0.15, -0.1) is 0 Å². The van der Waals surface area contributed by atoms with Gasteiger partial charge in [0, 0.05) is 22.8 Å². The van der Waals surface area contributed by atoms with Crippen molar-refractivity contribution in [2.75, 3.05) is 11.9 Å². The summed E-state index contributed by atoms with van der Waals surface area (Å²) < 4.78 is 5.49. The van der Waals surface area contributed by atoms with E-state index in [0.29, 0.717) is 17.9 Å². The smallest absolute Gasteiger partial charge is 0.296 e. The molecular formula is C19H18N2O3. The van der Waals surface area contributed by atoms with Crippen LogP contribution in [0.5, 0.6) is 5.75 Å². The Balaban J connectivity index is 1.71. The topological polar surface area (TPSA) is 71.2 Å². The number of ether oxygens (including phenoxy) is 1. The lowest BCUT2D eigenvalue weighted by molar-refractivity contribution is -0.112. The van der Waals surface area contributed by atoms with E-state index in [1.807, 2.05) is 31.2 Å². The fraction of sp³-hybridized carbons (Fsp3) is 0.158. The molecule has 1 aromatic heterocycles. The number of amides is 1. The first-order valence-corrected chi connectivity index (χ1v) is 7.83. The second-order valence-corrected chi connectivity index (χ2v) is 5.40. The van der Waals surface area contributed by atoms with Crippen LogP contribution in [0.15, 0.2) is 54.7 Å². The molecule has 1 amide bonds. The molecule has 0 aliphatic carbocycles. The van der Waals surface area contributed by atoms with Crippen molar-refractivity contribution in [2.24, 2.45) is 0 Å². The predicted molar refractivity (Wildman–Crippen MR) is 93.5 cm³/mol. The molecular weight excluding hydrogens is 304 g/mol. The molecule has 0 saturated carbocycles. The van der Waals surface area contributed by atoms with Gasteiger partial charge in [-0.25, -0.2) is 0 Å².